The highest BCUT2D eigenvalue weighted by Gasteiger charge is 2.55. The number of aromatic nitrogens is 5. The lowest BCUT2D eigenvalue weighted by molar-refractivity contribution is -0.136. The summed E-state index contributed by atoms with van der Waals surface area (Å²) in [5.41, 5.74) is 0.971. The van der Waals surface area contributed by atoms with E-state index in [2.05, 4.69) is 23.0 Å². The first kappa shape index (κ1) is 36.9. The van der Waals surface area contributed by atoms with Gasteiger partial charge >= 0.3 is 6.01 Å². The van der Waals surface area contributed by atoms with E-state index in [0.717, 1.165) is 63.4 Å². The summed E-state index contributed by atoms with van der Waals surface area (Å²) in [4.78, 5) is 18.9. The molecule has 10 nitrogen and oxygen atoms in total. The van der Waals surface area contributed by atoms with Crippen LogP contribution in [-0.2, 0) is 11.2 Å². The van der Waals surface area contributed by atoms with Crippen LogP contribution >= 0.6 is 11.6 Å². The summed E-state index contributed by atoms with van der Waals surface area (Å²) in [6.45, 7) is 11.3. The van der Waals surface area contributed by atoms with Crippen molar-refractivity contribution in [1.29, 1.82) is 0 Å². The zero-order valence-electron chi connectivity index (χ0n) is 31.4. The number of piperidine rings is 1. The van der Waals surface area contributed by atoms with Crippen LogP contribution in [0.15, 0.2) is 43.8 Å². The van der Waals surface area contributed by atoms with Crippen LogP contribution in [0, 0.1) is 11.2 Å². The number of nitrogens with zero attached hydrogens (tertiary/aromatic N) is 7. The average Bonchev–Trinajstić information content (AvgIpc) is 3.85. The van der Waals surface area contributed by atoms with Crippen molar-refractivity contribution in [2.75, 3.05) is 44.3 Å². The molecule has 4 aromatic rings. The molecule has 4 aliphatic heterocycles. The third-order valence-electron chi connectivity index (χ3n) is 13.0. The Kier molecular flexibility index (Phi) is 9.62. The molecule has 1 aromatic carbocycles. The number of pyridine rings is 1. The number of aliphatic hydroxyl groups is 1. The molecule has 3 atom stereocenters. The van der Waals surface area contributed by atoms with Crippen LogP contribution in [0.25, 0.3) is 33.1 Å². The van der Waals surface area contributed by atoms with Crippen molar-refractivity contribution in [2.45, 2.75) is 107 Å². The fraction of sp³-hybridized carbons (Fsp3) is 0.571. The standard InChI is InChI=1S/C42H50ClF2N7O3/c1-3-5-14-42(53)23-40(24-42)12-8-15-50(25-40)38-30-20-46-37(35(45)36(30)48-39(49-38)55-26-41-13-9-16-51(41)22-27(44)19-41)34-28(10-4-2)31(43)18-32-29(34)21-47-52(32)33-11-6-7-17-54-33/h3-4,18,20-21,27,33,53H,1-2,5-17,19,22-26H2/t27-,33?,40?,41+,42?/m1/s1. The molecule has 7 heterocycles. The quantitative estimate of drug-likeness (QED) is 0.151. The number of halogens is 3. The second-order valence-electron chi connectivity index (χ2n) is 16.9. The average molecular weight is 774 g/mol. The monoisotopic (exact) mass is 773 g/mol. The first-order chi connectivity index (χ1) is 26.6. The fourth-order valence-electron chi connectivity index (χ4n) is 10.7. The van der Waals surface area contributed by atoms with Gasteiger partial charge in [-0.2, -0.15) is 15.1 Å². The third kappa shape index (κ3) is 6.50. The van der Waals surface area contributed by atoms with Crippen molar-refractivity contribution in [3.8, 4) is 17.3 Å². The van der Waals surface area contributed by atoms with Gasteiger partial charge in [-0.3, -0.25) is 9.88 Å². The number of alkyl halides is 1. The van der Waals surface area contributed by atoms with Crippen molar-refractivity contribution in [3.63, 3.8) is 0 Å². The highest BCUT2D eigenvalue weighted by molar-refractivity contribution is 6.33. The van der Waals surface area contributed by atoms with Crippen molar-refractivity contribution in [1.82, 2.24) is 29.6 Å². The predicted molar refractivity (Wildman–Crippen MR) is 210 cm³/mol. The molecule has 0 radical (unpaired) electrons. The second-order valence-corrected chi connectivity index (χ2v) is 17.3. The predicted octanol–water partition coefficient (Wildman–Crippen LogP) is 8.29. The Balaban J connectivity index is 1.15. The number of hydrogen-bond donors (Lipinski definition) is 1. The lowest BCUT2D eigenvalue weighted by Gasteiger charge is -2.57. The largest absolute Gasteiger partial charge is 0.461 e. The maximum atomic E-state index is 17.5. The maximum Gasteiger partial charge on any atom is 0.319 e. The van der Waals surface area contributed by atoms with Gasteiger partial charge in [0, 0.05) is 54.8 Å². The van der Waals surface area contributed by atoms with E-state index in [9.17, 15) is 9.50 Å². The van der Waals surface area contributed by atoms with Crippen molar-refractivity contribution in [2.24, 2.45) is 5.41 Å². The Labute approximate surface area is 325 Å². The van der Waals surface area contributed by atoms with Crippen LogP contribution in [-0.4, -0.2) is 91.4 Å². The molecular formula is C42H50ClF2N7O3. The first-order valence-electron chi connectivity index (χ1n) is 20.0. The number of rotatable bonds is 11. The summed E-state index contributed by atoms with van der Waals surface area (Å²) in [6.07, 6.45) is 16.1. The second kappa shape index (κ2) is 14.3. The molecule has 5 aliphatic rings. The van der Waals surface area contributed by atoms with Crippen LogP contribution in [0.1, 0.15) is 88.8 Å². The van der Waals surface area contributed by atoms with Gasteiger partial charge in [-0.05, 0) is 101 Å². The Morgan fingerprint density at radius 3 is 2.73 bits per heavy atom. The number of ether oxygens (including phenoxy) is 2. The molecule has 5 fully saturated rings. The van der Waals surface area contributed by atoms with E-state index in [1.807, 2.05) is 16.8 Å². The van der Waals surface area contributed by atoms with E-state index in [0.29, 0.717) is 91.1 Å². The van der Waals surface area contributed by atoms with E-state index < -0.39 is 23.1 Å². The van der Waals surface area contributed by atoms with Crippen molar-refractivity contribution >= 4 is 39.2 Å². The van der Waals surface area contributed by atoms with E-state index in [1.165, 1.54) is 0 Å². The summed E-state index contributed by atoms with van der Waals surface area (Å²) in [5, 5.41) is 17.7. The number of allylic oxidation sites excluding steroid dienone is 2. The molecule has 1 unspecified atom stereocenters. The van der Waals surface area contributed by atoms with Crippen LogP contribution in [0.4, 0.5) is 14.6 Å². The molecular weight excluding hydrogens is 724 g/mol. The number of fused-ring (bicyclic) bond motifs is 3. The van der Waals surface area contributed by atoms with Gasteiger partial charge in [0.1, 0.15) is 29.8 Å². The molecule has 1 saturated carbocycles. The number of hydrogen-bond acceptors (Lipinski definition) is 9. The van der Waals surface area contributed by atoms with Crippen molar-refractivity contribution < 1.29 is 23.4 Å². The molecule has 55 heavy (non-hydrogen) atoms. The zero-order valence-corrected chi connectivity index (χ0v) is 32.2. The minimum atomic E-state index is -0.909. The maximum absolute atomic E-state index is 17.5. The van der Waals surface area contributed by atoms with Crippen LogP contribution in [0.2, 0.25) is 5.02 Å². The smallest absolute Gasteiger partial charge is 0.319 e. The highest BCUT2D eigenvalue weighted by Crippen LogP contribution is 2.56. The van der Waals surface area contributed by atoms with E-state index in [1.54, 1.807) is 18.5 Å². The van der Waals surface area contributed by atoms with E-state index in [-0.39, 0.29) is 35.5 Å². The first-order valence-corrected chi connectivity index (χ1v) is 20.4. The van der Waals surface area contributed by atoms with Gasteiger partial charge in [0.05, 0.1) is 28.2 Å². The van der Waals surface area contributed by atoms with Gasteiger partial charge in [0.2, 0.25) is 0 Å². The third-order valence-corrected chi connectivity index (χ3v) is 13.4. The molecule has 0 amide bonds. The molecule has 0 bridgehead atoms. The van der Waals surface area contributed by atoms with Crippen LogP contribution in [0.3, 0.4) is 0 Å². The van der Waals surface area contributed by atoms with Gasteiger partial charge in [-0.15, -0.1) is 13.2 Å². The molecule has 292 valence electrons. The topological polar surface area (TPSA) is 102 Å². The molecule has 1 spiro atoms. The summed E-state index contributed by atoms with van der Waals surface area (Å²) < 4.78 is 46.6. The Morgan fingerprint density at radius 2 is 1.93 bits per heavy atom. The molecule has 1 aliphatic carbocycles. The zero-order chi connectivity index (χ0) is 38.0. The summed E-state index contributed by atoms with van der Waals surface area (Å²) in [7, 11) is 0. The Morgan fingerprint density at radius 1 is 1.07 bits per heavy atom. The Bertz CT molecular complexity index is 2130. The normalized spacial score (nSPS) is 29.6. The molecule has 9 rings (SSSR count). The lowest BCUT2D eigenvalue weighted by atomic mass is 9.55. The molecule has 4 saturated heterocycles. The van der Waals surface area contributed by atoms with E-state index in [4.69, 9.17) is 41.1 Å². The number of anilines is 1. The summed E-state index contributed by atoms with van der Waals surface area (Å²) in [6, 6.07) is 1.93. The highest BCUT2D eigenvalue weighted by atomic mass is 35.5. The molecule has 1 N–H and O–H groups in total. The minimum absolute atomic E-state index is 0.0580. The minimum Gasteiger partial charge on any atom is -0.461 e. The summed E-state index contributed by atoms with van der Waals surface area (Å²) in [5.74, 6) is -0.0556. The van der Waals surface area contributed by atoms with E-state index >= 15 is 4.39 Å². The van der Waals surface area contributed by atoms with Gasteiger partial charge in [0.15, 0.2) is 12.0 Å². The van der Waals surface area contributed by atoms with Crippen molar-refractivity contribution in [3.05, 3.63) is 60.2 Å². The van der Waals surface area contributed by atoms with Crippen LogP contribution < -0.4 is 9.64 Å². The van der Waals surface area contributed by atoms with Gasteiger partial charge < -0.3 is 19.5 Å². The van der Waals surface area contributed by atoms with Crippen LogP contribution in [0.5, 0.6) is 6.01 Å². The fourth-order valence-corrected chi connectivity index (χ4v) is 11.0. The van der Waals surface area contributed by atoms with Gasteiger partial charge in [0.25, 0.3) is 0 Å². The van der Waals surface area contributed by atoms with Gasteiger partial charge in [-0.1, -0.05) is 23.8 Å². The SMILES string of the molecule is C=CCCC1(O)CC2(CCCN(c3nc(OC[C@@]45CCCN4C[C@H](F)C5)nc4c(F)c(-c5c(CC=C)c(Cl)cc6c5cnn6C5CCCCO5)ncc34)C2)C1. The summed E-state index contributed by atoms with van der Waals surface area (Å²) >= 11 is 6.99. The molecule has 13 heteroatoms. The lowest BCUT2D eigenvalue weighted by Crippen LogP contribution is -2.59. The number of benzene rings is 1. The molecule has 3 aromatic heterocycles. The Hall–Kier alpha value is -3.71. The van der Waals surface area contributed by atoms with Gasteiger partial charge in [-0.25, -0.2) is 13.5 Å².